The highest BCUT2D eigenvalue weighted by Crippen LogP contribution is 2.18. The molecule has 0 bridgehead atoms. The number of morpholine rings is 1. The molecule has 4 N–H and O–H groups in total. The molecule has 0 atom stereocenters. The molecule has 156 valence electrons. The molecule has 1 fully saturated rings. The number of nitrogens with one attached hydrogen (secondary N) is 1. The summed E-state index contributed by atoms with van der Waals surface area (Å²) in [6.07, 6.45) is 3.30. The monoisotopic (exact) mass is 405 g/mol. The van der Waals surface area contributed by atoms with Crippen LogP contribution in [-0.4, -0.2) is 62.2 Å². The summed E-state index contributed by atoms with van der Waals surface area (Å²) in [5, 5.41) is 7.42. The number of hydrogen-bond acceptors (Lipinski definition) is 6. The normalized spacial score (nSPS) is 13.6. The number of carbonyl (C=O) groups is 1. The zero-order valence-corrected chi connectivity index (χ0v) is 16.7. The van der Waals surface area contributed by atoms with Crippen LogP contribution in [0.2, 0.25) is 0 Å². The number of amides is 2. The van der Waals surface area contributed by atoms with Crippen molar-refractivity contribution < 1.29 is 24.2 Å². The third kappa shape index (κ3) is 13.1. The van der Waals surface area contributed by atoms with Crippen LogP contribution >= 0.6 is 12.4 Å². The van der Waals surface area contributed by atoms with E-state index in [1.165, 1.54) is 5.48 Å². The van der Waals surface area contributed by atoms with Gasteiger partial charge in [0.15, 0.2) is 0 Å². The van der Waals surface area contributed by atoms with Gasteiger partial charge in [0.2, 0.25) is 0 Å². The molecule has 0 unspecified atom stereocenters. The molecule has 0 aromatic heterocycles. The van der Waals surface area contributed by atoms with Gasteiger partial charge >= 0.3 is 6.03 Å². The molecule has 0 aliphatic carbocycles. The van der Waals surface area contributed by atoms with Gasteiger partial charge in [0.05, 0.1) is 26.4 Å². The van der Waals surface area contributed by atoms with Crippen LogP contribution in [0.4, 0.5) is 4.79 Å². The van der Waals surface area contributed by atoms with Crippen LogP contribution < -0.4 is 20.7 Å². The van der Waals surface area contributed by atoms with Gasteiger partial charge in [-0.3, -0.25) is 10.1 Å². The Labute approximate surface area is 167 Å². The Hall–Kier alpha value is -1.74. The van der Waals surface area contributed by atoms with Crippen LogP contribution in [0.15, 0.2) is 24.3 Å². The lowest BCUT2D eigenvalue weighted by Gasteiger charge is -2.26. The number of unbranched alkanes of at least 4 members (excludes halogenated alkanes) is 1. The van der Waals surface area contributed by atoms with E-state index in [2.05, 4.69) is 17.6 Å². The van der Waals surface area contributed by atoms with Crippen molar-refractivity contribution in [2.75, 3.05) is 46.1 Å². The Morgan fingerprint density at radius 1 is 1.15 bits per heavy atom. The van der Waals surface area contributed by atoms with Gasteiger partial charge in [-0.05, 0) is 37.1 Å². The molecule has 1 aliphatic heterocycles. The molecule has 9 heteroatoms. The lowest BCUT2D eigenvalue weighted by molar-refractivity contribution is 0.0358. The molecule has 1 saturated heterocycles. The molecule has 2 rings (SSSR count). The van der Waals surface area contributed by atoms with E-state index in [9.17, 15) is 4.79 Å². The molecule has 0 radical (unpaired) electrons. The molecule has 0 spiro atoms. The Balaban J connectivity index is 0.00000100. The van der Waals surface area contributed by atoms with E-state index in [-0.39, 0.29) is 12.4 Å². The number of hydroxylamine groups is 1. The molecule has 1 aromatic carbocycles. The minimum Gasteiger partial charge on any atom is -0.494 e. The van der Waals surface area contributed by atoms with E-state index in [4.69, 9.17) is 19.4 Å². The number of urea groups is 1. The Morgan fingerprint density at radius 3 is 2.07 bits per heavy atom. The van der Waals surface area contributed by atoms with Gasteiger partial charge in [-0.2, -0.15) is 0 Å². The van der Waals surface area contributed by atoms with Gasteiger partial charge < -0.3 is 19.9 Å². The maximum absolute atomic E-state index is 9.23. The van der Waals surface area contributed by atoms with Gasteiger partial charge in [-0.1, -0.05) is 13.3 Å². The summed E-state index contributed by atoms with van der Waals surface area (Å²) in [6, 6.07) is 6.98. The van der Waals surface area contributed by atoms with Crippen LogP contribution in [0.5, 0.6) is 11.5 Å². The number of benzene rings is 1. The quantitative estimate of drug-likeness (QED) is 0.331. The van der Waals surface area contributed by atoms with E-state index in [1.54, 1.807) is 0 Å². The van der Waals surface area contributed by atoms with Crippen molar-refractivity contribution in [1.82, 2.24) is 10.4 Å². The molecule has 1 aromatic rings. The average molecular weight is 406 g/mol. The predicted octanol–water partition coefficient (Wildman–Crippen LogP) is 2.43. The zero-order chi connectivity index (χ0) is 19.0. The highest BCUT2D eigenvalue weighted by molar-refractivity contribution is 5.85. The molecular formula is C18H32ClN3O5. The predicted molar refractivity (Wildman–Crippen MR) is 106 cm³/mol. The number of rotatable bonds is 9. The molecule has 1 heterocycles. The fourth-order valence-corrected chi connectivity index (χ4v) is 2.27. The van der Waals surface area contributed by atoms with Gasteiger partial charge in [0.1, 0.15) is 11.5 Å². The number of hydrogen-bond donors (Lipinski definition) is 3. The van der Waals surface area contributed by atoms with Crippen LogP contribution in [0, 0.1) is 0 Å². The first kappa shape index (κ1) is 25.3. The minimum absolute atomic E-state index is 0. The number of halogens is 1. The standard InChI is InChI=1S/C17H27NO3.CH4N2O2.ClH/c1-2-3-12-20-16-5-7-17(8-6-16)21-13-4-9-18-10-14-19-15-11-18;2-1(4)3-5;/h5-8H,2-4,9-15H2,1H3;5H,(H3,2,3,4);1H. The number of nitrogens with two attached hydrogens (primary N) is 1. The second-order valence-corrected chi connectivity index (χ2v) is 5.81. The fourth-order valence-electron chi connectivity index (χ4n) is 2.27. The average Bonchev–Trinajstić information content (AvgIpc) is 2.68. The summed E-state index contributed by atoms with van der Waals surface area (Å²) in [7, 11) is 0. The fraction of sp³-hybridized carbons (Fsp3) is 0.611. The van der Waals surface area contributed by atoms with Crippen molar-refractivity contribution in [3.63, 3.8) is 0 Å². The highest BCUT2D eigenvalue weighted by Gasteiger charge is 2.09. The molecule has 0 saturated carbocycles. The van der Waals surface area contributed by atoms with Gasteiger partial charge in [-0.15, -0.1) is 12.4 Å². The van der Waals surface area contributed by atoms with E-state index >= 15 is 0 Å². The van der Waals surface area contributed by atoms with Crippen molar-refractivity contribution in [2.45, 2.75) is 26.2 Å². The molecular weight excluding hydrogens is 374 g/mol. The third-order valence-corrected chi connectivity index (χ3v) is 3.69. The maximum atomic E-state index is 9.23. The molecule has 27 heavy (non-hydrogen) atoms. The summed E-state index contributed by atoms with van der Waals surface area (Å²) in [5.41, 5.74) is 5.46. The van der Waals surface area contributed by atoms with Crippen LogP contribution in [0.25, 0.3) is 0 Å². The second-order valence-electron chi connectivity index (χ2n) is 5.81. The van der Waals surface area contributed by atoms with Gasteiger partial charge in [-0.25, -0.2) is 10.3 Å². The Morgan fingerprint density at radius 2 is 1.63 bits per heavy atom. The summed E-state index contributed by atoms with van der Waals surface area (Å²) >= 11 is 0. The van der Waals surface area contributed by atoms with E-state index in [0.717, 1.165) is 76.8 Å². The lowest BCUT2D eigenvalue weighted by atomic mass is 10.3. The van der Waals surface area contributed by atoms with Crippen LogP contribution in [-0.2, 0) is 4.74 Å². The third-order valence-electron chi connectivity index (χ3n) is 3.69. The topological polar surface area (TPSA) is 106 Å². The van der Waals surface area contributed by atoms with Crippen LogP contribution in [0.1, 0.15) is 26.2 Å². The second kappa shape index (κ2) is 16.4. The number of primary amides is 1. The molecule has 1 aliphatic rings. The Kier molecular flexibility index (Phi) is 15.4. The first-order chi connectivity index (χ1) is 12.7. The zero-order valence-electron chi connectivity index (χ0n) is 15.9. The lowest BCUT2D eigenvalue weighted by Crippen LogP contribution is -2.37. The number of ether oxygens (including phenoxy) is 3. The summed E-state index contributed by atoms with van der Waals surface area (Å²) in [5.74, 6) is 1.84. The smallest absolute Gasteiger partial charge is 0.335 e. The van der Waals surface area contributed by atoms with Crippen LogP contribution in [0.3, 0.4) is 0 Å². The van der Waals surface area contributed by atoms with Crippen molar-refractivity contribution in [3.05, 3.63) is 24.3 Å². The highest BCUT2D eigenvalue weighted by atomic mass is 35.5. The van der Waals surface area contributed by atoms with Crippen molar-refractivity contribution in [3.8, 4) is 11.5 Å². The maximum Gasteiger partial charge on any atom is 0.335 e. The minimum atomic E-state index is -0.940. The summed E-state index contributed by atoms with van der Waals surface area (Å²) < 4.78 is 16.7. The van der Waals surface area contributed by atoms with E-state index < -0.39 is 6.03 Å². The molecule has 2 amide bonds. The van der Waals surface area contributed by atoms with Crippen molar-refractivity contribution >= 4 is 18.4 Å². The van der Waals surface area contributed by atoms with E-state index in [1.807, 2.05) is 24.3 Å². The first-order valence-corrected chi connectivity index (χ1v) is 9.01. The van der Waals surface area contributed by atoms with Gasteiger partial charge in [0, 0.05) is 19.6 Å². The van der Waals surface area contributed by atoms with E-state index in [0.29, 0.717) is 0 Å². The molecule has 8 nitrogen and oxygen atoms in total. The Bertz CT molecular complexity index is 484. The summed E-state index contributed by atoms with van der Waals surface area (Å²) in [4.78, 5) is 11.7. The largest absolute Gasteiger partial charge is 0.494 e. The number of carbonyl (C=O) groups excluding carboxylic acids is 1. The van der Waals surface area contributed by atoms with Crippen molar-refractivity contribution in [2.24, 2.45) is 5.73 Å². The summed E-state index contributed by atoms with van der Waals surface area (Å²) in [6.45, 7) is 8.61. The SMILES string of the molecule is CCCCOc1ccc(OCCCN2CCOCC2)cc1.Cl.NC(=O)NO. The number of nitrogens with zero attached hydrogens (tertiary/aromatic N) is 1. The first-order valence-electron chi connectivity index (χ1n) is 9.01. The van der Waals surface area contributed by atoms with Gasteiger partial charge in [0.25, 0.3) is 0 Å². The van der Waals surface area contributed by atoms with Crippen molar-refractivity contribution in [1.29, 1.82) is 0 Å².